The van der Waals surface area contributed by atoms with E-state index in [1.807, 2.05) is 19.9 Å². The lowest BCUT2D eigenvalue weighted by molar-refractivity contribution is 0.288. The summed E-state index contributed by atoms with van der Waals surface area (Å²) >= 11 is 0. The largest absolute Gasteiger partial charge is 0.490 e. The van der Waals surface area contributed by atoms with Crippen LogP contribution in [0.4, 0.5) is 10.1 Å². The normalized spacial score (nSPS) is 10.3. The minimum atomic E-state index is -0.350. The van der Waals surface area contributed by atoms with Crippen LogP contribution in [-0.4, -0.2) is 13.2 Å². The third-order valence-electron chi connectivity index (χ3n) is 2.85. The first-order valence-corrected chi connectivity index (χ1v) is 6.60. The minimum Gasteiger partial charge on any atom is -0.490 e. The van der Waals surface area contributed by atoms with E-state index in [9.17, 15) is 4.39 Å². The zero-order valence-electron chi connectivity index (χ0n) is 11.7. The second-order valence-electron chi connectivity index (χ2n) is 4.27. The van der Waals surface area contributed by atoms with Crippen LogP contribution in [0.2, 0.25) is 0 Å². The summed E-state index contributed by atoms with van der Waals surface area (Å²) < 4.78 is 25.0. The van der Waals surface area contributed by atoms with Crippen molar-refractivity contribution < 1.29 is 13.9 Å². The smallest absolute Gasteiger partial charge is 0.161 e. The van der Waals surface area contributed by atoms with Gasteiger partial charge in [0.15, 0.2) is 11.5 Å². The average molecular weight is 275 g/mol. The number of nitrogen functional groups attached to an aromatic ring is 1. The number of nitrogens with two attached hydrogens (primary N) is 1. The average Bonchev–Trinajstić information content (AvgIpc) is 2.41. The minimum absolute atomic E-state index is 0.350. The Morgan fingerprint density at radius 2 is 1.65 bits per heavy atom. The van der Waals surface area contributed by atoms with Crippen molar-refractivity contribution in [3.63, 3.8) is 0 Å². The number of rotatable bonds is 5. The summed E-state index contributed by atoms with van der Waals surface area (Å²) in [5.74, 6) is 0.925. The maximum atomic E-state index is 14.0. The third kappa shape index (κ3) is 3.02. The molecule has 0 heterocycles. The van der Waals surface area contributed by atoms with E-state index in [0.717, 1.165) is 5.56 Å². The molecule has 0 aliphatic carbocycles. The van der Waals surface area contributed by atoms with Crippen LogP contribution < -0.4 is 15.2 Å². The highest BCUT2D eigenvalue weighted by atomic mass is 19.1. The van der Waals surface area contributed by atoms with Crippen molar-refractivity contribution in [2.75, 3.05) is 18.9 Å². The molecule has 2 aromatic rings. The molecular weight excluding hydrogens is 257 g/mol. The second-order valence-corrected chi connectivity index (χ2v) is 4.27. The highest BCUT2D eigenvalue weighted by Crippen LogP contribution is 2.34. The number of anilines is 1. The molecule has 2 N–H and O–H groups in total. The van der Waals surface area contributed by atoms with Crippen LogP contribution in [0.15, 0.2) is 36.4 Å². The molecule has 0 aliphatic rings. The van der Waals surface area contributed by atoms with Gasteiger partial charge in [-0.1, -0.05) is 6.07 Å². The first-order valence-electron chi connectivity index (χ1n) is 6.60. The molecule has 0 radical (unpaired) electrons. The summed E-state index contributed by atoms with van der Waals surface area (Å²) in [4.78, 5) is 0. The number of halogens is 1. The van der Waals surface area contributed by atoms with E-state index in [1.165, 1.54) is 6.07 Å². The molecule has 0 aromatic heterocycles. The molecule has 0 aliphatic heterocycles. The molecule has 2 rings (SSSR count). The highest BCUT2D eigenvalue weighted by Gasteiger charge is 2.10. The van der Waals surface area contributed by atoms with Gasteiger partial charge in [-0.05, 0) is 49.7 Å². The number of benzene rings is 2. The van der Waals surface area contributed by atoms with Gasteiger partial charge < -0.3 is 15.2 Å². The molecule has 0 fully saturated rings. The van der Waals surface area contributed by atoms with Gasteiger partial charge in [-0.15, -0.1) is 0 Å². The van der Waals surface area contributed by atoms with Gasteiger partial charge in [0.1, 0.15) is 5.82 Å². The molecule has 2 aromatic carbocycles. The summed E-state index contributed by atoms with van der Waals surface area (Å²) in [5.41, 5.74) is 7.19. The van der Waals surface area contributed by atoms with Crippen molar-refractivity contribution in [2.24, 2.45) is 0 Å². The zero-order chi connectivity index (χ0) is 14.5. The van der Waals surface area contributed by atoms with E-state index in [2.05, 4.69) is 0 Å². The third-order valence-corrected chi connectivity index (χ3v) is 2.85. The molecule has 0 unspecified atom stereocenters. The number of hydrogen-bond donors (Lipinski definition) is 1. The fourth-order valence-electron chi connectivity index (χ4n) is 1.98. The Hall–Kier alpha value is -2.23. The molecule has 0 saturated carbocycles. The van der Waals surface area contributed by atoms with Crippen molar-refractivity contribution in [2.45, 2.75) is 13.8 Å². The van der Waals surface area contributed by atoms with Gasteiger partial charge in [-0.3, -0.25) is 0 Å². The van der Waals surface area contributed by atoms with Crippen molar-refractivity contribution in [1.29, 1.82) is 0 Å². The summed E-state index contributed by atoms with van der Waals surface area (Å²) in [5, 5.41) is 0. The second kappa shape index (κ2) is 6.28. The molecule has 0 atom stereocenters. The fourth-order valence-corrected chi connectivity index (χ4v) is 1.98. The fraction of sp³-hybridized carbons (Fsp3) is 0.250. The van der Waals surface area contributed by atoms with E-state index in [1.54, 1.807) is 24.3 Å². The molecule has 4 heteroatoms. The maximum Gasteiger partial charge on any atom is 0.161 e. The van der Waals surface area contributed by atoms with Crippen LogP contribution in [0.25, 0.3) is 11.1 Å². The lowest BCUT2D eigenvalue weighted by Gasteiger charge is -2.13. The Morgan fingerprint density at radius 3 is 2.30 bits per heavy atom. The van der Waals surface area contributed by atoms with Crippen molar-refractivity contribution in [3.8, 4) is 22.6 Å². The van der Waals surface area contributed by atoms with Crippen LogP contribution >= 0.6 is 0 Å². The lowest BCUT2D eigenvalue weighted by atomic mass is 10.0. The monoisotopic (exact) mass is 275 g/mol. The van der Waals surface area contributed by atoms with E-state index >= 15 is 0 Å². The van der Waals surface area contributed by atoms with Crippen molar-refractivity contribution >= 4 is 5.69 Å². The molecule has 3 nitrogen and oxygen atoms in total. The van der Waals surface area contributed by atoms with Gasteiger partial charge in [-0.2, -0.15) is 0 Å². The first kappa shape index (κ1) is 14.2. The molecular formula is C16H18FNO2. The first-order chi connectivity index (χ1) is 9.65. The van der Waals surface area contributed by atoms with Crippen LogP contribution in [0.1, 0.15) is 13.8 Å². The predicted octanol–water partition coefficient (Wildman–Crippen LogP) is 3.87. The van der Waals surface area contributed by atoms with Gasteiger partial charge in [-0.25, -0.2) is 4.39 Å². The Balaban J connectivity index is 2.44. The van der Waals surface area contributed by atoms with Crippen LogP contribution in [-0.2, 0) is 0 Å². The molecule has 0 saturated heterocycles. The molecule has 0 spiro atoms. The standard InChI is InChI=1S/C16H18FNO2/c1-3-19-15-8-5-11(9-16(15)20-4-2)13-7-6-12(18)10-14(13)17/h5-10H,3-4,18H2,1-2H3. The Labute approximate surface area is 118 Å². The van der Waals surface area contributed by atoms with Crippen LogP contribution in [0, 0.1) is 5.82 Å². The molecule has 0 bridgehead atoms. The van der Waals surface area contributed by atoms with Crippen LogP contribution in [0.3, 0.4) is 0 Å². The van der Waals surface area contributed by atoms with Crippen LogP contribution in [0.5, 0.6) is 11.5 Å². The number of hydrogen-bond acceptors (Lipinski definition) is 3. The molecule has 20 heavy (non-hydrogen) atoms. The topological polar surface area (TPSA) is 44.5 Å². The molecule has 0 amide bonds. The number of ether oxygens (including phenoxy) is 2. The van der Waals surface area contributed by atoms with Crippen molar-refractivity contribution in [3.05, 3.63) is 42.2 Å². The van der Waals surface area contributed by atoms with Gasteiger partial charge in [0.05, 0.1) is 13.2 Å². The van der Waals surface area contributed by atoms with E-state index < -0.39 is 0 Å². The summed E-state index contributed by atoms with van der Waals surface area (Å²) in [6.07, 6.45) is 0. The quantitative estimate of drug-likeness (QED) is 0.842. The predicted molar refractivity (Wildman–Crippen MR) is 78.6 cm³/mol. The lowest BCUT2D eigenvalue weighted by Crippen LogP contribution is -1.99. The summed E-state index contributed by atoms with van der Waals surface area (Å²) in [7, 11) is 0. The summed E-state index contributed by atoms with van der Waals surface area (Å²) in [6.45, 7) is 4.87. The molecule has 106 valence electrons. The van der Waals surface area contributed by atoms with Gasteiger partial charge in [0.25, 0.3) is 0 Å². The van der Waals surface area contributed by atoms with Gasteiger partial charge in [0.2, 0.25) is 0 Å². The van der Waals surface area contributed by atoms with Gasteiger partial charge >= 0.3 is 0 Å². The SMILES string of the molecule is CCOc1ccc(-c2ccc(N)cc2F)cc1OCC. The summed E-state index contributed by atoms with van der Waals surface area (Å²) in [6, 6.07) is 10.0. The Kier molecular flexibility index (Phi) is 4.45. The van der Waals surface area contributed by atoms with E-state index in [-0.39, 0.29) is 5.82 Å². The van der Waals surface area contributed by atoms with E-state index in [0.29, 0.717) is 36.0 Å². The zero-order valence-corrected chi connectivity index (χ0v) is 11.7. The van der Waals surface area contributed by atoms with Crippen molar-refractivity contribution in [1.82, 2.24) is 0 Å². The maximum absolute atomic E-state index is 14.0. The Morgan fingerprint density at radius 1 is 0.950 bits per heavy atom. The highest BCUT2D eigenvalue weighted by molar-refractivity contribution is 5.69. The van der Waals surface area contributed by atoms with Gasteiger partial charge in [0, 0.05) is 11.3 Å². The Bertz CT molecular complexity index is 599. The van der Waals surface area contributed by atoms with E-state index in [4.69, 9.17) is 15.2 Å².